The van der Waals surface area contributed by atoms with Gasteiger partial charge in [0.25, 0.3) is 0 Å². The molecule has 1 aromatic rings. The molecule has 1 amide bonds. The summed E-state index contributed by atoms with van der Waals surface area (Å²) in [6, 6.07) is 9.88. The summed E-state index contributed by atoms with van der Waals surface area (Å²) in [7, 11) is 0. The van der Waals surface area contributed by atoms with Crippen molar-refractivity contribution in [3.05, 3.63) is 30.3 Å². The van der Waals surface area contributed by atoms with E-state index in [9.17, 15) is 14.7 Å². The standard InChI is InChI=1S/C17H23NO3S/c1-3-15(22-14-7-5-4-6-8-14)16(19)18-10-12(2)9-13(11-18)17(20)21/h4-8,12-13,15H,3,9-11H2,1-2H3,(H,20,21). The maximum absolute atomic E-state index is 12.8. The molecule has 1 aliphatic heterocycles. The van der Waals surface area contributed by atoms with Gasteiger partial charge in [-0.3, -0.25) is 9.59 Å². The number of carboxylic acids is 1. The van der Waals surface area contributed by atoms with Gasteiger partial charge in [0.15, 0.2) is 0 Å². The SMILES string of the molecule is CCC(Sc1ccccc1)C(=O)N1CC(C)CC(C(=O)O)C1. The second-order valence-corrected chi connectivity index (χ2v) is 7.22. The van der Waals surface area contributed by atoms with Crippen LogP contribution in [0.1, 0.15) is 26.7 Å². The molecule has 4 nitrogen and oxygen atoms in total. The van der Waals surface area contributed by atoms with Crippen molar-refractivity contribution in [3.63, 3.8) is 0 Å². The van der Waals surface area contributed by atoms with Crippen LogP contribution in [-0.2, 0) is 9.59 Å². The van der Waals surface area contributed by atoms with E-state index < -0.39 is 11.9 Å². The Morgan fingerprint density at radius 3 is 2.59 bits per heavy atom. The van der Waals surface area contributed by atoms with Crippen molar-refractivity contribution in [2.24, 2.45) is 11.8 Å². The fourth-order valence-corrected chi connectivity index (χ4v) is 3.95. The van der Waals surface area contributed by atoms with E-state index in [2.05, 4.69) is 0 Å². The lowest BCUT2D eigenvalue weighted by atomic mass is 9.90. The molecule has 0 bridgehead atoms. The lowest BCUT2D eigenvalue weighted by molar-refractivity contribution is -0.146. The van der Waals surface area contributed by atoms with Crippen molar-refractivity contribution in [1.29, 1.82) is 0 Å². The van der Waals surface area contributed by atoms with E-state index in [1.165, 1.54) is 0 Å². The third-order valence-electron chi connectivity index (χ3n) is 3.99. The molecule has 0 aromatic heterocycles. The quantitative estimate of drug-likeness (QED) is 0.847. The van der Waals surface area contributed by atoms with Gasteiger partial charge in [0.1, 0.15) is 0 Å². The highest BCUT2D eigenvalue weighted by Gasteiger charge is 2.34. The number of carboxylic acid groups (broad SMARTS) is 1. The summed E-state index contributed by atoms with van der Waals surface area (Å²) < 4.78 is 0. The monoisotopic (exact) mass is 321 g/mol. The van der Waals surface area contributed by atoms with Crippen LogP contribution in [0.25, 0.3) is 0 Å². The lowest BCUT2D eigenvalue weighted by Gasteiger charge is -2.36. The fraction of sp³-hybridized carbons (Fsp3) is 0.529. The van der Waals surface area contributed by atoms with Crippen molar-refractivity contribution in [2.75, 3.05) is 13.1 Å². The highest BCUT2D eigenvalue weighted by Crippen LogP contribution is 2.29. The van der Waals surface area contributed by atoms with E-state index in [0.29, 0.717) is 19.5 Å². The number of hydrogen-bond acceptors (Lipinski definition) is 3. The number of thioether (sulfide) groups is 1. The van der Waals surface area contributed by atoms with Crippen molar-refractivity contribution < 1.29 is 14.7 Å². The number of nitrogens with zero attached hydrogens (tertiary/aromatic N) is 1. The molecule has 0 radical (unpaired) electrons. The lowest BCUT2D eigenvalue weighted by Crippen LogP contribution is -2.48. The molecule has 3 unspecified atom stereocenters. The van der Waals surface area contributed by atoms with Gasteiger partial charge in [-0.1, -0.05) is 32.0 Å². The zero-order valence-electron chi connectivity index (χ0n) is 13.1. The number of rotatable bonds is 5. The Hall–Kier alpha value is -1.49. The van der Waals surface area contributed by atoms with E-state index >= 15 is 0 Å². The van der Waals surface area contributed by atoms with Crippen LogP contribution in [0.15, 0.2) is 35.2 Å². The van der Waals surface area contributed by atoms with Crippen LogP contribution in [0.5, 0.6) is 0 Å². The molecule has 0 saturated carbocycles. The van der Waals surface area contributed by atoms with Crippen LogP contribution in [0, 0.1) is 11.8 Å². The Bertz CT molecular complexity index is 520. The summed E-state index contributed by atoms with van der Waals surface area (Å²) in [5.74, 6) is -0.938. The van der Waals surface area contributed by atoms with E-state index in [1.807, 2.05) is 44.2 Å². The third-order valence-corrected chi connectivity index (χ3v) is 5.35. The topological polar surface area (TPSA) is 57.6 Å². The average molecular weight is 321 g/mol. The first-order valence-corrected chi connectivity index (χ1v) is 8.62. The van der Waals surface area contributed by atoms with Gasteiger partial charge in [0.05, 0.1) is 11.2 Å². The molecule has 1 aliphatic rings. The number of aliphatic carboxylic acids is 1. The van der Waals surface area contributed by atoms with Crippen LogP contribution in [0.3, 0.4) is 0 Å². The Kier molecular flexibility index (Phi) is 5.89. The summed E-state index contributed by atoms with van der Waals surface area (Å²) in [6.45, 7) is 5.01. The summed E-state index contributed by atoms with van der Waals surface area (Å²) in [6.07, 6.45) is 1.39. The van der Waals surface area contributed by atoms with E-state index in [-0.39, 0.29) is 17.1 Å². The molecule has 2 rings (SSSR count). The molecule has 3 atom stereocenters. The number of benzene rings is 1. The molecule has 0 aliphatic carbocycles. The molecule has 1 aromatic carbocycles. The molecule has 5 heteroatoms. The van der Waals surface area contributed by atoms with E-state index in [4.69, 9.17) is 0 Å². The Morgan fingerprint density at radius 1 is 1.32 bits per heavy atom. The second-order valence-electron chi connectivity index (χ2n) is 5.95. The summed E-state index contributed by atoms with van der Waals surface area (Å²) in [5, 5.41) is 9.09. The van der Waals surface area contributed by atoms with Gasteiger partial charge in [-0.15, -0.1) is 11.8 Å². The summed E-state index contributed by atoms with van der Waals surface area (Å²) in [5.41, 5.74) is 0. The van der Waals surface area contributed by atoms with Crippen LogP contribution < -0.4 is 0 Å². The molecule has 0 spiro atoms. The highest BCUT2D eigenvalue weighted by atomic mass is 32.2. The van der Waals surface area contributed by atoms with E-state index in [0.717, 1.165) is 11.3 Å². The highest BCUT2D eigenvalue weighted by molar-refractivity contribution is 8.00. The first kappa shape index (κ1) is 16.9. The van der Waals surface area contributed by atoms with Crippen LogP contribution >= 0.6 is 11.8 Å². The zero-order chi connectivity index (χ0) is 16.1. The summed E-state index contributed by atoms with van der Waals surface area (Å²) >= 11 is 1.56. The Morgan fingerprint density at radius 2 is 2.00 bits per heavy atom. The van der Waals surface area contributed by atoms with Gasteiger partial charge in [-0.05, 0) is 30.9 Å². The number of piperidine rings is 1. The molecular formula is C17H23NO3S. The number of likely N-dealkylation sites (tertiary alicyclic amines) is 1. The number of carbonyl (C=O) groups is 2. The Balaban J connectivity index is 2.05. The first-order valence-electron chi connectivity index (χ1n) is 7.74. The number of carbonyl (C=O) groups excluding carboxylic acids is 1. The maximum Gasteiger partial charge on any atom is 0.308 e. The van der Waals surface area contributed by atoms with Gasteiger partial charge in [-0.2, -0.15) is 0 Å². The van der Waals surface area contributed by atoms with Crippen LogP contribution in [-0.4, -0.2) is 40.2 Å². The maximum atomic E-state index is 12.8. The number of amides is 1. The Labute approximate surface area is 135 Å². The minimum absolute atomic E-state index is 0.0640. The minimum atomic E-state index is -0.798. The predicted octanol–water partition coefficient (Wildman–Crippen LogP) is 3.13. The molecule has 22 heavy (non-hydrogen) atoms. The van der Waals surface area contributed by atoms with Crippen molar-refractivity contribution in [2.45, 2.75) is 36.8 Å². The van der Waals surface area contributed by atoms with Gasteiger partial charge in [0.2, 0.25) is 5.91 Å². The molecule has 120 valence electrons. The normalized spacial score (nSPS) is 23.1. The van der Waals surface area contributed by atoms with Gasteiger partial charge < -0.3 is 10.0 Å². The largest absolute Gasteiger partial charge is 0.481 e. The minimum Gasteiger partial charge on any atom is -0.481 e. The van der Waals surface area contributed by atoms with Crippen molar-refractivity contribution in [3.8, 4) is 0 Å². The van der Waals surface area contributed by atoms with Crippen LogP contribution in [0.2, 0.25) is 0 Å². The molecule has 1 saturated heterocycles. The van der Waals surface area contributed by atoms with Gasteiger partial charge in [-0.25, -0.2) is 0 Å². The molecule has 1 fully saturated rings. The second kappa shape index (κ2) is 7.68. The molecule has 1 heterocycles. The molecule has 1 N–H and O–H groups in total. The summed E-state index contributed by atoms with van der Waals surface area (Å²) in [4.78, 5) is 26.8. The third kappa shape index (κ3) is 4.26. The number of hydrogen-bond donors (Lipinski definition) is 1. The fourth-order valence-electron chi connectivity index (χ4n) is 2.89. The van der Waals surface area contributed by atoms with E-state index in [1.54, 1.807) is 16.7 Å². The van der Waals surface area contributed by atoms with Gasteiger partial charge >= 0.3 is 5.97 Å². The van der Waals surface area contributed by atoms with Crippen molar-refractivity contribution in [1.82, 2.24) is 4.90 Å². The predicted molar refractivity (Wildman–Crippen MR) is 87.9 cm³/mol. The first-order chi connectivity index (χ1) is 10.5. The zero-order valence-corrected chi connectivity index (χ0v) is 13.9. The molecular weight excluding hydrogens is 298 g/mol. The van der Waals surface area contributed by atoms with Crippen LogP contribution in [0.4, 0.5) is 0 Å². The average Bonchev–Trinajstić information content (AvgIpc) is 2.52. The van der Waals surface area contributed by atoms with Gasteiger partial charge in [0, 0.05) is 18.0 Å². The smallest absolute Gasteiger partial charge is 0.308 e. The van der Waals surface area contributed by atoms with Crippen molar-refractivity contribution >= 4 is 23.6 Å².